The lowest BCUT2D eigenvalue weighted by Crippen LogP contribution is -2.13. The molecule has 4 nitrogen and oxygen atoms in total. The number of rotatable bonds is 4. The number of carbonyl (C=O) groups is 1. The van der Waals surface area contributed by atoms with Crippen molar-refractivity contribution in [3.05, 3.63) is 59.7 Å². The molecule has 1 atom stereocenters. The summed E-state index contributed by atoms with van der Waals surface area (Å²) in [4.78, 5) is 11.5. The molecule has 0 aliphatic carbocycles. The SMILES string of the molecule is COc1ccc([C@H](C(=O)O)c2ccc(N)cc2)cc1. The number of carboxylic acids is 1. The third kappa shape index (κ3) is 2.85. The average Bonchev–Trinajstić information content (AvgIpc) is 2.42. The molecule has 2 rings (SSSR count). The zero-order chi connectivity index (χ0) is 13.8. The second-order valence-corrected chi connectivity index (χ2v) is 4.21. The molecule has 4 heteroatoms. The lowest BCUT2D eigenvalue weighted by molar-refractivity contribution is -0.137. The fraction of sp³-hybridized carbons (Fsp3) is 0.133. The maximum atomic E-state index is 11.5. The average molecular weight is 257 g/mol. The van der Waals surface area contributed by atoms with Crippen molar-refractivity contribution in [1.82, 2.24) is 0 Å². The van der Waals surface area contributed by atoms with Crippen LogP contribution in [0.1, 0.15) is 17.0 Å². The van der Waals surface area contributed by atoms with Crippen LogP contribution in [0.5, 0.6) is 5.75 Å². The van der Waals surface area contributed by atoms with Gasteiger partial charge in [-0.2, -0.15) is 0 Å². The standard InChI is InChI=1S/C15H15NO3/c1-19-13-8-4-11(5-9-13)14(15(17)18)10-2-6-12(16)7-3-10/h2-9,14H,16H2,1H3,(H,17,18)/t14-/m1/s1. The molecule has 98 valence electrons. The topological polar surface area (TPSA) is 72.5 Å². The van der Waals surface area contributed by atoms with Crippen LogP contribution in [0.3, 0.4) is 0 Å². The Balaban J connectivity index is 2.39. The molecule has 2 aromatic carbocycles. The van der Waals surface area contributed by atoms with Gasteiger partial charge in [0.05, 0.1) is 7.11 Å². The number of anilines is 1. The minimum Gasteiger partial charge on any atom is -0.497 e. The third-order valence-corrected chi connectivity index (χ3v) is 2.97. The summed E-state index contributed by atoms with van der Waals surface area (Å²) in [5, 5.41) is 9.41. The van der Waals surface area contributed by atoms with E-state index in [9.17, 15) is 9.90 Å². The first-order chi connectivity index (χ1) is 9.11. The van der Waals surface area contributed by atoms with Crippen molar-refractivity contribution in [2.45, 2.75) is 5.92 Å². The number of nitrogen functional groups attached to an aromatic ring is 1. The molecule has 0 spiro atoms. The summed E-state index contributed by atoms with van der Waals surface area (Å²) >= 11 is 0. The highest BCUT2D eigenvalue weighted by atomic mass is 16.5. The minimum absolute atomic E-state index is 0.614. The summed E-state index contributed by atoms with van der Waals surface area (Å²) in [6.07, 6.45) is 0. The largest absolute Gasteiger partial charge is 0.497 e. The molecular weight excluding hydrogens is 242 g/mol. The van der Waals surface area contributed by atoms with Gasteiger partial charge in [-0.25, -0.2) is 0 Å². The van der Waals surface area contributed by atoms with Crippen LogP contribution in [0.2, 0.25) is 0 Å². The number of methoxy groups -OCH3 is 1. The van der Waals surface area contributed by atoms with E-state index in [1.54, 1.807) is 55.6 Å². The van der Waals surface area contributed by atoms with Gasteiger partial charge < -0.3 is 15.6 Å². The zero-order valence-electron chi connectivity index (χ0n) is 10.5. The molecule has 0 fully saturated rings. The Kier molecular flexibility index (Phi) is 3.71. The van der Waals surface area contributed by atoms with Gasteiger partial charge in [-0.15, -0.1) is 0 Å². The second-order valence-electron chi connectivity index (χ2n) is 4.21. The first-order valence-corrected chi connectivity index (χ1v) is 5.84. The number of ether oxygens (including phenoxy) is 1. The molecule has 3 N–H and O–H groups in total. The Labute approximate surface area is 111 Å². The molecule has 0 saturated heterocycles. The van der Waals surface area contributed by atoms with Gasteiger partial charge in [0.1, 0.15) is 11.7 Å². The van der Waals surface area contributed by atoms with Gasteiger partial charge in [-0.05, 0) is 35.4 Å². The predicted octanol–water partition coefficient (Wildman–Crippen LogP) is 2.49. The van der Waals surface area contributed by atoms with Crippen LogP contribution in [0.25, 0.3) is 0 Å². The zero-order valence-corrected chi connectivity index (χ0v) is 10.5. The van der Waals surface area contributed by atoms with E-state index >= 15 is 0 Å². The Bertz CT molecular complexity index is 561. The van der Waals surface area contributed by atoms with Crippen LogP contribution in [0, 0.1) is 0 Å². The highest BCUT2D eigenvalue weighted by molar-refractivity contribution is 5.80. The molecule has 0 amide bonds. The van der Waals surface area contributed by atoms with Crippen molar-refractivity contribution >= 4 is 11.7 Å². The monoisotopic (exact) mass is 257 g/mol. The molecule has 0 radical (unpaired) electrons. The molecule has 2 aromatic rings. The van der Waals surface area contributed by atoms with E-state index in [-0.39, 0.29) is 0 Å². The summed E-state index contributed by atoms with van der Waals surface area (Å²) in [5.41, 5.74) is 7.64. The Morgan fingerprint density at radius 1 is 1.05 bits per heavy atom. The van der Waals surface area contributed by atoms with Crippen LogP contribution in [-0.4, -0.2) is 18.2 Å². The molecule has 0 bridgehead atoms. The number of hydrogen-bond donors (Lipinski definition) is 2. The van der Waals surface area contributed by atoms with Gasteiger partial charge in [0, 0.05) is 5.69 Å². The maximum absolute atomic E-state index is 11.5. The summed E-state index contributed by atoms with van der Waals surface area (Å²) in [6, 6.07) is 13.9. The predicted molar refractivity (Wildman–Crippen MR) is 73.3 cm³/mol. The van der Waals surface area contributed by atoms with E-state index in [2.05, 4.69) is 0 Å². The number of carboxylic acid groups (broad SMARTS) is 1. The Morgan fingerprint density at radius 3 is 1.95 bits per heavy atom. The normalized spacial score (nSPS) is 11.8. The van der Waals surface area contributed by atoms with Crippen molar-refractivity contribution in [2.24, 2.45) is 0 Å². The fourth-order valence-corrected chi connectivity index (χ4v) is 1.96. The van der Waals surface area contributed by atoms with E-state index in [0.29, 0.717) is 22.6 Å². The molecule has 0 aliphatic heterocycles. The van der Waals surface area contributed by atoms with Crippen molar-refractivity contribution in [1.29, 1.82) is 0 Å². The van der Waals surface area contributed by atoms with Gasteiger partial charge in [0.15, 0.2) is 0 Å². The van der Waals surface area contributed by atoms with Crippen molar-refractivity contribution in [3.63, 3.8) is 0 Å². The van der Waals surface area contributed by atoms with Crippen LogP contribution >= 0.6 is 0 Å². The molecule has 0 heterocycles. The number of hydrogen-bond acceptors (Lipinski definition) is 3. The lowest BCUT2D eigenvalue weighted by atomic mass is 9.91. The van der Waals surface area contributed by atoms with Crippen molar-refractivity contribution in [3.8, 4) is 5.75 Å². The first-order valence-electron chi connectivity index (χ1n) is 5.84. The fourth-order valence-electron chi connectivity index (χ4n) is 1.96. The Morgan fingerprint density at radius 2 is 1.53 bits per heavy atom. The first kappa shape index (κ1) is 13.0. The molecular formula is C15H15NO3. The summed E-state index contributed by atoms with van der Waals surface area (Å²) in [5.74, 6) is -0.897. The number of benzene rings is 2. The van der Waals surface area contributed by atoms with Gasteiger partial charge >= 0.3 is 5.97 Å². The lowest BCUT2D eigenvalue weighted by Gasteiger charge is -2.14. The van der Waals surface area contributed by atoms with Crippen LogP contribution in [-0.2, 0) is 4.79 Å². The van der Waals surface area contributed by atoms with E-state index in [0.717, 1.165) is 0 Å². The van der Waals surface area contributed by atoms with Gasteiger partial charge in [-0.1, -0.05) is 24.3 Å². The summed E-state index contributed by atoms with van der Waals surface area (Å²) in [6.45, 7) is 0. The molecule has 0 unspecified atom stereocenters. The quantitative estimate of drug-likeness (QED) is 0.825. The maximum Gasteiger partial charge on any atom is 0.315 e. The molecule has 0 saturated carbocycles. The Hall–Kier alpha value is -2.49. The summed E-state index contributed by atoms with van der Waals surface area (Å²) < 4.78 is 5.07. The highest BCUT2D eigenvalue weighted by Gasteiger charge is 2.21. The second kappa shape index (κ2) is 5.44. The van der Waals surface area contributed by atoms with E-state index in [1.165, 1.54) is 0 Å². The third-order valence-electron chi connectivity index (χ3n) is 2.97. The van der Waals surface area contributed by atoms with Gasteiger partial charge in [-0.3, -0.25) is 4.79 Å². The van der Waals surface area contributed by atoms with Crippen LogP contribution < -0.4 is 10.5 Å². The summed E-state index contributed by atoms with van der Waals surface area (Å²) in [7, 11) is 1.57. The van der Waals surface area contributed by atoms with E-state index in [1.807, 2.05) is 0 Å². The van der Waals surface area contributed by atoms with Gasteiger partial charge in [0.2, 0.25) is 0 Å². The van der Waals surface area contributed by atoms with Gasteiger partial charge in [0.25, 0.3) is 0 Å². The van der Waals surface area contributed by atoms with E-state index < -0.39 is 11.9 Å². The minimum atomic E-state index is -0.894. The van der Waals surface area contributed by atoms with Crippen LogP contribution in [0.4, 0.5) is 5.69 Å². The van der Waals surface area contributed by atoms with Crippen molar-refractivity contribution < 1.29 is 14.6 Å². The van der Waals surface area contributed by atoms with Crippen molar-refractivity contribution in [2.75, 3.05) is 12.8 Å². The molecule has 19 heavy (non-hydrogen) atoms. The molecule has 0 aliphatic rings. The smallest absolute Gasteiger partial charge is 0.315 e. The van der Waals surface area contributed by atoms with E-state index in [4.69, 9.17) is 10.5 Å². The number of aliphatic carboxylic acids is 1. The number of nitrogens with two attached hydrogens (primary N) is 1. The van der Waals surface area contributed by atoms with Crippen LogP contribution in [0.15, 0.2) is 48.5 Å². The molecule has 0 aromatic heterocycles. The highest BCUT2D eigenvalue weighted by Crippen LogP contribution is 2.27.